The molecule has 3 amide bonds. The molecular formula is C14H19N2O5W-. The van der Waals surface area contributed by atoms with Crippen LogP contribution in [0.5, 0.6) is 0 Å². The van der Waals surface area contributed by atoms with Crippen molar-refractivity contribution in [3.63, 3.8) is 0 Å². The van der Waals surface area contributed by atoms with Gasteiger partial charge in [-0.15, -0.1) is 24.3 Å². The van der Waals surface area contributed by atoms with Crippen molar-refractivity contribution in [2.24, 2.45) is 0 Å². The van der Waals surface area contributed by atoms with Gasteiger partial charge in [-0.1, -0.05) is 6.92 Å². The van der Waals surface area contributed by atoms with E-state index >= 15 is 0 Å². The van der Waals surface area contributed by atoms with Crippen LogP contribution in [0.3, 0.4) is 0 Å². The van der Waals surface area contributed by atoms with Crippen molar-refractivity contribution in [1.29, 1.82) is 0 Å². The Balaban J connectivity index is 0. The molecule has 1 saturated heterocycles. The summed E-state index contributed by atoms with van der Waals surface area (Å²) in [5.74, 6) is -1.09. The fourth-order valence-electron chi connectivity index (χ4n) is 1.26. The number of rotatable bonds is 4. The minimum atomic E-state index is -0.901. The van der Waals surface area contributed by atoms with Crippen LogP contribution in [0, 0.1) is 6.08 Å². The van der Waals surface area contributed by atoms with E-state index in [1.807, 2.05) is 5.32 Å². The molecule has 1 atom stereocenters. The van der Waals surface area contributed by atoms with Crippen LogP contribution < -0.4 is 10.6 Å². The number of alkyl carbamates (subject to hydrolysis) is 1. The van der Waals surface area contributed by atoms with Crippen molar-refractivity contribution >= 4 is 17.9 Å². The third-order valence-corrected chi connectivity index (χ3v) is 2.06. The Morgan fingerprint density at radius 2 is 2.09 bits per heavy atom. The molecule has 0 aromatic carbocycles. The molecule has 0 aromatic heterocycles. The number of cyclic esters (lactones) is 1. The Hall–Kier alpha value is -1.72. The number of imide groups is 1. The van der Waals surface area contributed by atoms with Gasteiger partial charge in [0.2, 0.25) is 0 Å². The number of methoxy groups -OCH3 is 1. The van der Waals surface area contributed by atoms with Gasteiger partial charge in [0, 0.05) is 35.3 Å². The predicted octanol–water partition coefficient (Wildman–Crippen LogP) is 0.489. The first-order valence-electron chi connectivity index (χ1n) is 6.05. The zero-order valence-electron chi connectivity index (χ0n) is 12.7. The van der Waals surface area contributed by atoms with Crippen LogP contribution in [0.15, 0.2) is 30.4 Å². The summed E-state index contributed by atoms with van der Waals surface area (Å²) < 4.78 is 8.86. The van der Waals surface area contributed by atoms with E-state index in [0.29, 0.717) is 0 Å². The Morgan fingerprint density at radius 1 is 1.50 bits per heavy atom. The monoisotopic (exact) mass is 479 g/mol. The van der Waals surface area contributed by atoms with E-state index in [2.05, 4.69) is 27.4 Å². The molecule has 1 unspecified atom stereocenters. The summed E-state index contributed by atoms with van der Waals surface area (Å²) in [6.07, 6.45) is 6.36. The fourth-order valence-corrected chi connectivity index (χ4v) is 1.26. The summed E-state index contributed by atoms with van der Waals surface area (Å²) in [7, 11) is 3.25. The van der Waals surface area contributed by atoms with Crippen molar-refractivity contribution in [1.82, 2.24) is 10.6 Å². The largest absolute Gasteiger partial charge is 0.447 e. The molecule has 0 bridgehead atoms. The smallest absolute Gasteiger partial charge is 0.413 e. The minimum absolute atomic E-state index is 0. The minimum Gasteiger partial charge on any atom is -0.447 e. The molecule has 0 spiro atoms. The van der Waals surface area contributed by atoms with Crippen LogP contribution in [0.1, 0.15) is 6.92 Å². The maximum absolute atomic E-state index is 11.8. The maximum Gasteiger partial charge on any atom is 0.413 e. The van der Waals surface area contributed by atoms with E-state index in [9.17, 15) is 14.4 Å². The van der Waals surface area contributed by atoms with Gasteiger partial charge in [0.25, 0.3) is 5.91 Å². The van der Waals surface area contributed by atoms with Gasteiger partial charge in [-0.05, 0) is 0 Å². The van der Waals surface area contributed by atoms with E-state index in [1.54, 1.807) is 27.2 Å². The predicted molar refractivity (Wildman–Crippen MR) is 76.1 cm³/mol. The number of hydrogen-bond acceptors (Lipinski definition) is 5. The van der Waals surface area contributed by atoms with Crippen molar-refractivity contribution in [3.8, 4) is 0 Å². The van der Waals surface area contributed by atoms with Gasteiger partial charge in [0.1, 0.15) is 18.6 Å². The molecule has 1 aliphatic rings. The third kappa shape index (κ3) is 8.54. The van der Waals surface area contributed by atoms with Crippen molar-refractivity contribution in [3.05, 3.63) is 36.5 Å². The van der Waals surface area contributed by atoms with Gasteiger partial charge in [-0.25, -0.2) is 4.79 Å². The summed E-state index contributed by atoms with van der Waals surface area (Å²) in [4.78, 5) is 33.9. The van der Waals surface area contributed by atoms with Gasteiger partial charge in [0.05, 0.1) is 0 Å². The summed E-state index contributed by atoms with van der Waals surface area (Å²) in [5.41, 5.74) is 0.234. The first kappa shape index (κ1) is 22.6. The van der Waals surface area contributed by atoms with Gasteiger partial charge in [-0.2, -0.15) is 12.2 Å². The summed E-state index contributed by atoms with van der Waals surface area (Å²) in [6.45, 7) is 5.00. The summed E-state index contributed by atoms with van der Waals surface area (Å²) in [5, 5.41) is 4.39. The fraction of sp³-hybridized carbons (Fsp3) is 0.357. The van der Waals surface area contributed by atoms with Crippen LogP contribution in [0.25, 0.3) is 0 Å². The molecular weight excluding hydrogens is 460 g/mol. The Labute approximate surface area is 144 Å². The first-order chi connectivity index (χ1) is 9.99. The SMILES string of the molecule is C=C/C=C(\[C-]=CC)C(=O)NC1COC(=O)NC1=O.COC.[W]. The molecule has 22 heavy (non-hydrogen) atoms. The zero-order chi connectivity index (χ0) is 16.3. The molecule has 1 aliphatic heterocycles. The maximum atomic E-state index is 11.8. The molecule has 0 radical (unpaired) electrons. The van der Waals surface area contributed by atoms with E-state index in [1.165, 1.54) is 12.2 Å². The van der Waals surface area contributed by atoms with Crippen molar-refractivity contribution in [2.45, 2.75) is 13.0 Å². The third-order valence-electron chi connectivity index (χ3n) is 2.06. The Bertz CT molecular complexity index is 460. The number of amides is 3. The second-order valence-corrected chi connectivity index (χ2v) is 3.77. The second kappa shape index (κ2) is 13.0. The average Bonchev–Trinajstić information content (AvgIpc) is 2.42. The van der Waals surface area contributed by atoms with Crippen molar-refractivity contribution < 1.29 is 44.9 Å². The van der Waals surface area contributed by atoms with Crippen LogP contribution in [-0.2, 0) is 40.1 Å². The van der Waals surface area contributed by atoms with E-state index in [-0.39, 0.29) is 33.2 Å². The normalized spacial score (nSPS) is 17.4. The number of carbonyl (C=O) groups is 3. The van der Waals surface area contributed by atoms with Crippen LogP contribution in [-0.4, -0.2) is 44.8 Å². The van der Waals surface area contributed by atoms with E-state index < -0.39 is 23.9 Å². The number of carbonyl (C=O) groups excluding carboxylic acids is 3. The molecule has 7 nitrogen and oxygen atoms in total. The number of nitrogens with one attached hydrogen (secondary N) is 2. The van der Waals surface area contributed by atoms with Crippen LogP contribution in [0.4, 0.5) is 4.79 Å². The molecule has 2 N–H and O–H groups in total. The van der Waals surface area contributed by atoms with Gasteiger partial charge in [0.15, 0.2) is 0 Å². The molecule has 1 fully saturated rings. The molecule has 1 rings (SSSR count). The number of hydrogen-bond donors (Lipinski definition) is 2. The zero-order valence-corrected chi connectivity index (χ0v) is 15.6. The average molecular weight is 479 g/mol. The van der Waals surface area contributed by atoms with Gasteiger partial charge in [-0.3, -0.25) is 10.1 Å². The summed E-state index contributed by atoms with van der Waals surface area (Å²) in [6, 6.07) is -0.901. The molecule has 0 aromatic rings. The van der Waals surface area contributed by atoms with Crippen LogP contribution >= 0.6 is 0 Å². The quantitative estimate of drug-likeness (QED) is 0.348. The van der Waals surface area contributed by atoms with E-state index in [0.717, 1.165) is 0 Å². The Kier molecular flexibility index (Phi) is 13.3. The van der Waals surface area contributed by atoms with Crippen molar-refractivity contribution in [2.75, 3.05) is 20.8 Å². The van der Waals surface area contributed by atoms with E-state index in [4.69, 9.17) is 0 Å². The molecule has 122 valence electrons. The van der Waals surface area contributed by atoms with Gasteiger partial charge >= 0.3 is 6.09 Å². The molecule has 8 heteroatoms. The topological polar surface area (TPSA) is 93.7 Å². The second-order valence-electron chi connectivity index (χ2n) is 3.77. The molecule has 0 aliphatic carbocycles. The van der Waals surface area contributed by atoms with Gasteiger partial charge < -0.3 is 19.6 Å². The Morgan fingerprint density at radius 3 is 2.55 bits per heavy atom. The number of allylic oxidation sites excluding steroid dienone is 3. The summed E-state index contributed by atoms with van der Waals surface area (Å²) >= 11 is 0. The standard InChI is InChI=1S/C12H13N2O4.C2H6O.W/c1-3-5-8(6-4-2)10(15)13-9-7-18-12(17)14-11(9)16;1-3-2;/h3-5,9H,1,7H2,2H3,(H,13,15)(H,14,16,17);1-2H3;/q-1;;/b8-5+;;. The first-order valence-corrected chi connectivity index (χ1v) is 6.05. The number of ether oxygens (including phenoxy) is 2. The molecule has 0 saturated carbocycles. The molecule has 1 heterocycles. The van der Waals surface area contributed by atoms with Crippen LogP contribution in [0.2, 0.25) is 0 Å².